The van der Waals surface area contributed by atoms with E-state index in [-0.39, 0.29) is 23.6 Å². The number of aryl methyl sites for hydroxylation is 2. The van der Waals surface area contributed by atoms with Gasteiger partial charge in [-0.2, -0.15) is 0 Å². The van der Waals surface area contributed by atoms with E-state index in [2.05, 4.69) is 10.6 Å². The Labute approximate surface area is 186 Å². The fraction of sp³-hybridized carbons (Fsp3) is 0.200. The van der Waals surface area contributed by atoms with Crippen molar-refractivity contribution in [1.29, 1.82) is 0 Å². The Morgan fingerprint density at radius 2 is 1.77 bits per heavy atom. The van der Waals surface area contributed by atoms with Crippen LogP contribution in [0.2, 0.25) is 0 Å². The second-order valence-electron chi connectivity index (χ2n) is 7.34. The maximum absolute atomic E-state index is 12.9. The molecule has 5 nitrogen and oxygen atoms in total. The molecule has 1 atom stereocenters. The topological polar surface area (TPSA) is 67.4 Å². The molecule has 0 fully saturated rings. The lowest BCUT2D eigenvalue weighted by atomic mass is 10.1. The van der Waals surface area contributed by atoms with Crippen LogP contribution in [0, 0.1) is 13.8 Å². The normalized spacial score (nSPS) is 12.2. The van der Waals surface area contributed by atoms with Gasteiger partial charge in [0, 0.05) is 10.4 Å². The van der Waals surface area contributed by atoms with Crippen molar-refractivity contribution >= 4 is 29.2 Å². The Morgan fingerprint density at radius 1 is 1.03 bits per heavy atom. The third kappa shape index (κ3) is 6.55. The van der Waals surface area contributed by atoms with E-state index in [1.165, 1.54) is 11.3 Å². The average Bonchev–Trinajstić information content (AvgIpc) is 3.26. The Hall–Kier alpha value is -3.38. The Kier molecular flexibility index (Phi) is 7.62. The second-order valence-corrected chi connectivity index (χ2v) is 8.32. The summed E-state index contributed by atoms with van der Waals surface area (Å²) in [6, 6.07) is 18.6. The van der Waals surface area contributed by atoms with Crippen LogP contribution >= 0.6 is 11.3 Å². The van der Waals surface area contributed by atoms with Crippen LogP contribution in [0.5, 0.6) is 5.75 Å². The van der Waals surface area contributed by atoms with Gasteiger partial charge in [-0.15, -0.1) is 11.3 Å². The number of ether oxygens (including phenoxy) is 1. The van der Waals surface area contributed by atoms with Crippen molar-refractivity contribution in [2.45, 2.75) is 26.8 Å². The van der Waals surface area contributed by atoms with E-state index in [0.29, 0.717) is 12.2 Å². The van der Waals surface area contributed by atoms with E-state index in [1.807, 2.05) is 74.7 Å². The minimum Gasteiger partial charge on any atom is -0.491 e. The van der Waals surface area contributed by atoms with Gasteiger partial charge in [0.2, 0.25) is 0 Å². The summed E-state index contributed by atoms with van der Waals surface area (Å²) in [5.74, 6) is 0.0591. The number of carbonyl (C=O) groups excluding carboxylic acids is 2. The molecular formula is C25H26N2O3S. The molecule has 0 aliphatic heterocycles. The molecule has 0 saturated carbocycles. The van der Waals surface area contributed by atoms with Gasteiger partial charge in [-0.1, -0.05) is 42.0 Å². The number of rotatable bonds is 8. The fourth-order valence-corrected chi connectivity index (χ4v) is 3.55. The molecular weight excluding hydrogens is 408 g/mol. The summed E-state index contributed by atoms with van der Waals surface area (Å²) in [5, 5.41) is 7.60. The van der Waals surface area contributed by atoms with Gasteiger partial charge in [0.1, 0.15) is 18.1 Å². The first-order valence-corrected chi connectivity index (χ1v) is 10.9. The van der Waals surface area contributed by atoms with Crippen molar-refractivity contribution < 1.29 is 14.3 Å². The third-order valence-corrected chi connectivity index (χ3v) is 5.43. The molecule has 2 aromatic carbocycles. The van der Waals surface area contributed by atoms with Gasteiger partial charge in [0.15, 0.2) is 0 Å². The zero-order valence-electron chi connectivity index (χ0n) is 17.8. The van der Waals surface area contributed by atoms with E-state index in [9.17, 15) is 9.59 Å². The van der Waals surface area contributed by atoms with Crippen molar-refractivity contribution in [1.82, 2.24) is 10.6 Å². The number of amides is 2. The highest BCUT2D eigenvalue weighted by Crippen LogP contribution is 2.15. The number of hydrogen-bond donors (Lipinski definition) is 2. The zero-order chi connectivity index (χ0) is 22.2. The molecule has 0 aliphatic rings. The van der Waals surface area contributed by atoms with E-state index in [0.717, 1.165) is 21.8 Å². The quantitative estimate of drug-likeness (QED) is 0.504. The standard InChI is InChI=1S/C25H26N2O3S/c1-17-10-12-20(13-11-17)30-16-19(3)26-25(29)23(15-21-8-6-14-31-21)27-24(28)22-9-5-4-7-18(22)2/h4-15,19H,16H2,1-3H3,(H,26,29)(H,27,28)/b23-15-/t19-/m0/s1. The largest absolute Gasteiger partial charge is 0.491 e. The molecule has 6 heteroatoms. The van der Waals surface area contributed by atoms with Crippen molar-refractivity contribution in [3.8, 4) is 5.75 Å². The predicted molar refractivity (Wildman–Crippen MR) is 125 cm³/mol. The van der Waals surface area contributed by atoms with Gasteiger partial charge in [0.05, 0.1) is 6.04 Å². The third-order valence-electron chi connectivity index (χ3n) is 4.61. The molecule has 0 bridgehead atoms. The Bertz CT molecular complexity index is 1060. The molecule has 0 aliphatic carbocycles. The van der Waals surface area contributed by atoms with Crippen molar-refractivity contribution in [3.63, 3.8) is 0 Å². The maximum Gasteiger partial charge on any atom is 0.268 e. The molecule has 31 heavy (non-hydrogen) atoms. The molecule has 2 N–H and O–H groups in total. The minimum atomic E-state index is -0.365. The number of thiophene rings is 1. The minimum absolute atomic E-state index is 0.192. The van der Waals surface area contributed by atoms with Crippen LogP contribution in [0.3, 0.4) is 0 Å². The van der Waals surface area contributed by atoms with Gasteiger partial charge in [-0.25, -0.2) is 0 Å². The smallest absolute Gasteiger partial charge is 0.268 e. The van der Waals surface area contributed by atoms with Gasteiger partial charge in [0.25, 0.3) is 11.8 Å². The maximum atomic E-state index is 12.9. The molecule has 0 spiro atoms. The summed E-state index contributed by atoms with van der Waals surface area (Å²) in [4.78, 5) is 26.6. The second kappa shape index (κ2) is 10.6. The summed E-state index contributed by atoms with van der Waals surface area (Å²) < 4.78 is 5.76. The van der Waals surface area contributed by atoms with Crippen LogP contribution in [-0.4, -0.2) is 24.5 Å². The first-order chi connectivity index (χ1) is 14.9. The number of nitrogens with one attached hydrogen (secondary N) is 2. The molecule has 1 aromatic heterocycles. The summed E-state index contributed by atoms with van der Waals surface area (Å²) in [6.07, 6.45) is 1.68. The highest BCUT2D eigenvalue weighted by Gasteiger charge is 2.18. The van der Waals surface area contributed by atoms with Gasteiger partial charge >= 0.3 is 0 Å². The molecule has 0 unspecified atom stereocenters. The summed E-state index contributed by atoms with van der Waals surface area (Å²) in [7, 11) is 0. The van der Waals surface area contributed by atoms with Crippen LogP contribution < -0.4 is 15.4 Å². The summed E-state index contributed by atoms with van der Waals surface area (Å²) in [6.45, 7) is 6.05. The predicted octanol–water partition coefficient (Wildman–Crippen LogP) is 4.72. The Balaban J connectivity index is 1.68. The van der Waals surface area contributed by atoms with Crippen LogP contribution in [-0.2, 0) is 4.79 Å². The molecule has 0 radical (unpaired) electrons. The van der Waals surface area contributed by atoms with Crippen LogP contribution in [0.15, 0.2) is 71.7 Å². The van der Waals surface area contributed by atoms with Crippen molar-refractivity contribution in [3.05, 3.63) is 93.3 Å². The molecule has 3 aromatic rings. The Morgan fingerprint density at radius 3 is 2.45 bits per heavy atom. The highest BCUT2D eigenvalue weighted by atomic mass is 32.1. The summed E-state index contributed by atoms with van der Waals surface area (Å²) in [5.41, 5.74) is 2.72. The number of benzene rings is 2. The summed E-state index contributed by atoms with van der Waals surface area (Å²) >= 11 is 1.49. The lowest BCUT2D eigenvalue weighted by molar-refractivity contribution is -0.118. The van der Waals surface area contributed by atoms with Crippen molar-refractivity contribution in [2.24, 2.45) is 0 Å². The molecule has 0 saturated heterocycles. The number of hydrogen-bond acceptors (Lipinski definition) is 4. The van der Waals surface area contributed by atoms with Crippen LogP contribution in [0.4, 0.5) is 0 Å². The van der Waals surface area contributed by atoms with Gasteiger partial charge < -0.3 is 15.4 Å². The van der Waals surface area contributed by atoms with E-state index >= 15 is 0 Å². The molecule has 1 heterocycles. The van der Waals surface area contributed by atoms with E-state index in [1.54, 1.807) is 18.2 Å². The molecule has 2 amide bonds. The highest BCUT2D eigenvalue weighted by molar-refractivity contribution is 7.10. The molecule has 3 rings (SSSR count). The molecule has 160 valence electrons. The first-order valence-electron chi connectivity index (χ1n) is 10.0. The van der Waals surface area contributed by atoms with Gasteiger partial charge in [-0.05, 0) is 62.1 Å². The zero-order valence-corrected chi connectivity index (χ0v) is 18.7. The SMILES string of the molecule is Cc1ccc(OC[C@H](C)NC(=O)/C(=C/c2cccs2)NC(=O)c2ccccc2C)cc1. The first kappa shape index (κ1) is 22.3. The van der Waals surface area contributed by atoms with Crippen LogP contribution in [0.1, 0.15) is 33.3 Å². The fourth-order valence-electron chi connectivity index (χ4n) is 2.89. The average molecular weight is 435 g/mol. The monoisotopic (exact) mass is 434 g/mol. The van der Waals surface area contributed by atoms with Gasteiger partial charge in [-0.3, -0.25) is 9.59 Å². The van der Waals surface area contributed by atoms with Crippen LogP contribution in [0.25, 0.3) is 6.08 Å². The lowest BCUT2D eigenvalue weighted by Gasteiger charge is -2.17. The lowest BCUT2D eigenvalue weighted by Crippen LogP contribution is -2.41. The van der Waals surface area contributed by atoms with E-state index in [4.69, 9.17) is 4.74 Å². The van der Waals surface area contributed by atoms with E-state index < -0.39 is 0 Å². The number of carbonyl (C=O) groups is 2. The van der Waals surface area contributed by atoms with Crippen molar-refractivity contribution in [2.75, 3.05) is 6.61 Å².